The Morgan fingerprint density at radius 1 is 0.964 bits per heavy atom. The average molecular weight is 370 g/mol. The first-order valence-electron chi connectivity index (χ1n) is 9.32. The van der Waals surface area contributed by atoms with E-state index in [1.807, 2.05) is 48.5 Å². The highest BCUT2D eigenvalue weighted by molar-refractivity contribution is 6.34. The van der Waals surface area contributed by atoms with Crippen LogP contribution in [0, 0.1) is 22.7 Å². The van der Waals surface area contributed by atoms with Crippen LogP contribution >= 0.6 is 0 Å². The Bertz CT molecular complexity index is 991. The fraction of sp³-hybridized carbons (Fsp3) is 0.227. The van der Waals surface area contributed by atoms with E-state index in [4.69, 9.17) is 0 Å². The zero-order chi connectivity index (χ0) is 19.5. The Morgan fingerprint density at radius 2 is 1.61 bits per heavy atom. The number of nitrogens with one attached hydrogen (secondary N) is 1. The summed E-state index contributed by atoms with van der Waals surface area (Å²) in [5, 5.41) is 18.5. The maximum absolute atomic E-state index is 13.0. The predicted molar refractivity (Wildman–Crippen MR) is 106 cm³/mol. The number of carbonyl (C=O) groups excluding carboxylic acids is 1. The molecule has 1 saturated heterocycles. The number of fused-ring (bicyclic) bond motifs is 1. The number of quaternary nitrogens is 1. The molecule has 0 atom stereocenters. The molecule has 4 rings (SSSR count). The Kier molecular flexibility index (Phi) is 4.80. The zero-order valence-corrected chi connectivity index (χ0v) is 15.4. The molecular formula is C22H20N5O+. The van der Waals surface area contributed by atoms with Gasteiger partial charge < -0.3 is 9.80 Å². The van der Waals surface area contributed by atoms with Crippen molar-refractivity contribution in [1.82, 2.24) is 0 Å². The van der Waals surface area contributed by atoms with E-state index < -0.39 is 0 Å². The van der Waals surface area contributed by atoms with E-state index in [1.165, 1.54) is 10.6 Å². The number of para-hydroxylation sites is 2. The van der Waals surface area contributed by atoms with E-state index in [2.05, 4.69) is 17.0 Å². The van der Waals surface area contributed by atoms with E-state index in [-0.39, 0.29) is 17.1 Å². The fourth-order valence-electron chi connectivity index (χ4n) is 3.92. The van der Waals surface area contributed by atoms with Gasteiger partial charge in [-0.3, -0.25) is 9.69 Å². The molecule has 0 aliphatic carbocycles. The highest BCUT2D eigenvalue weighted by Gasteiger charge is 2.37. The molecule has 1 amide bonds. The summed E-state index contributed by atoms with van der Waals surface area (Å²) < 4.78 is 0. The van der Waals surface area contributed by atoms with Gasteiger partial charge in [-0.25, -0.2) is 0 Å². The maximum atomic E-state index is 13.0. The molecule has 28 heavy (non-hydrogen) atoms. The topological polar surface area (TPSA) is 75.6 Å². The van der Waals surface area contributed by atoms with E-state index in [0.29, 0.717) is 12.2 Å². The van der Waals surface area contributed by atoms with Crippen LogP contribution in [0.5, 0.6) is 0 Å². The second-order valence-corrected chi connectivity index (χ2v) is 6.95. The summed E-state index contributed by atoms with van der Waals surface area (Å²) in [7, 11) is 0. The van der Waals surface area contributed by atoms with Gasteiger partial charge in [0.05, 0.1) is 37.4 Å². The zero-order valence-electron chi connectivity index (χ0n) is 15.4. The summed E-state index contributed by atoms with van der Waals surface area (Å²) >= 11 is 0. The van der Waals surface area contributed by atoms with Crippen LogP contribution in [0.15, 0.2) is 60.2 Å². The van der Waals surface area contributed by atoms with Crippen LogP contribution in [-0.4, -0.2) is 38.8 Å². The summed E-state index contributed by atoms with van der Waals surface area (Å²) in [5.74, 6) is -0.253. The van der Waals surface area contributed by atoms with Gasteiger partial charge in [-0.15, -0.1) is 0 Å². The summed E-state index contributed by atoms with van der Waals surface area (Å²) in [6, 6.07) is 21.5. The highest BCUT2D eigenvalue weighted by Crippen LogP contribution is 2.37. The molecule has 2 aromatic rings. The third kappa shape index (κ3) is 3.11. The predicted octanol–water partition coefficient (Wildman–Crippen LogP) is 1.20. The molecule has 6 heteroatoms. The number of piperazine rings is 1. The Hall–Kier alpha value is -3.61. The molecule has 0 unspecified atom stereocenters. The molecule has 2 heterocycles. The van der Waals surface area contributed by atoms with Gasteiger partial charge in [-0.05, 0) is 18.2 Å². The summed E-state index contributed by atoms with van der Waals surface area (Å²) in [4.78, 5) is 18.4. The van der Waals surface area contributed by atoms with Crippen LogP contribution in [0.4, 0.5) is 11.4 Å². The van der Waals surface area contributed by atoms with Gasteiger partial charge in [0.25, 0.3) is 5.91 Å². The SMILES string of the molecule is N#CC(C#N)=C1C(=O)N(C[NH+]2CCN(c3ccccc3)CC2)c2ccccc21. The molecule has 6 nitrogen and oxygen atoms in total. The molecular weight excluding hydrogens is 350 g/mol. The van der Waals surface area contributed by atoms with Gasteiger partial charge in [0, 0.05) is 11.3 Å². The summed E-state index contributed by atoms with van der Waals surface area (Å²) in [5.41, 5.74) is 2.78. The van der Waals surface area contributed by atoms with Crippen molar-refractivity contribution in [2.45, 2.75) is 0 Å². The molecule has 0 aromatic heterocycles. The van der Waals surface area contributed by atoms with Crippen molar-refractivity contribution in [3.8, 4) is 12.1 Å². The van der Waals surface area contributed by atoms with Crippen molar-refractivity contribution in [3.05, 3.63) is 65.7 Å². The van der Waals surface area contributed by atoms with Crippen molar-refractivity contribution < 1.29 is 9.69 Å². The number of hydrogen-bond donors (Lipinski definition) is 1. The quantitative estimate of drug-likeness (QED) is 0.651. The number of carbonyl (C=O) groups is 1. The number of nitriles is 2. The average Bonchev–Trinajstić information content (AvgIpc) is 3.02. The molecule has 0 spiro atoms. The monoisotopic (exact) mass is 370 g/mol. The van der Waals surface area contributed by atoms with Crippen molar-refractivity contribution in [3.63, 3.8) is 0 Å². The number of hydrogen-bond acceptors (Lipinski definition) is 4. The summed E-state index contributed by atoms with van der Waals surface area (Å²) in [6.45, 7) is 4.22. The van der Waals surface area contributed by atoms with Crippen molar-refractivity contribution in [1.29, 1.82) is 10.5 Å². The molecule has 0 radical (unpaired) electrons. The molecule has 138 valence electrons. The largest absolute Gasteiger partial charge is 0.360 e. The molecule has 0 bridgehead atoms. The summed E-state index contributed by atoms with van der Waals surface area (Å²) in [6.07, 6.45) is 0. The number of amides is 1. The van der Waals surface area contributed by atoms with Gasteiger partial charge in [0.2, 0.25) is 0 Å². The standard InChI is InChI=1S/C22H19N5O/c23-14-17(15-24)21-19-8-4-5-9-20(19)27(22(21)28)16-25-10-12-26(13-11-25)18-6-2-1-3-7-18/h1-9H,10-13,16H2/p+1. The van der Waals surface area contributed by atoms with Gasteiger partial charge in [-0.1, -0.05) is 36.4 Å². The Balaban J connectivity index is 1.52. The number of nitrogens with zero attached hydrogens (tertiary/aromatic N) is 4. The lowest BCUT2D eigenvalue weighted by Gasteiger charge is -2.35. The minimum absolute atomic E-state index is 0.121. The second-order valence-electron chi connectivity index (χ2n) is 6.95. The Morgan fingerprint density at radius 3 is 2.29 bits per heavy atom. The van der Waals surface area contributed by atoms with Crippen molar-refractivity contribution in [2.75, 3.05) is 42.6 Å². The molecule has 1 fully saturated rings. The second kappa shape index (κ2) is 7.56. The lowest BCUT2D eigenvalue weighted by atomic mass is 10.0. The van der Waals surface area contributed by atoms with E-state index in [0.717, 1.165) is 31.9 Å². The van der Waals surface area contributed by atoms with Crippen molar-refractivity contribution in [2.24, 2.45) is 0 Å². The number of allylic oxidation sites excluding steroid dienone is 1. The van der Waals surface area contributed by atoms with E-state index in [1.54, 1.807) is 11.0 Å². The minimum Gasteiger partial charge on any atom is -0.360 e. The third-order valence-electron chi connectivity index (χ3n) is 5.37. The molecule has 2 aliphatic heterocycles. The maximum Gasteiger partial charge on any atom is 0.265 e. The number of benzene rings is 2. The first-order valence-corrected chi connectivity index (χ1v) is 9.32. The Labute approximate surface area is 164 Å². The number of rotatable bonds is 3. The number of anilines is 2. The highest BCUT2D eigenvalue weighted by atomic mass is 16.2. The molecule has 2 aliphatic rings. The van der Waals surface area contributed by atoms with Gasteiger partial charge in [0.1, 0.15) is 17.7 Å². The van der Waals surface area contributed by atoms with Crippen LogP contribution in [-0.2, 0) is 4.79 Å². The van der Waals surface area contributed by atoms with Gasteiger partial charge in [-0.2, -0.15) is 10.5 Å². The van der Waals surface area contributed by atoms with E-state index >= 15 is 0 Å². The minimum atomic E-state index is -0.253. The van der Waals surface area contributed by atoms with Crippen LogP contribution < -0.4 is 14.7 Å². The van der Waals surface area contributed by atoms with Crippen LogP contribution in [0.25, 0.3) is 5.57 Å². The van der Waals surface area contributed by atoms with Crippen LogP contribution in [0.2, 0.25) is 0 Å². The van der Waals surface area contributed by atoms with E-state index in [9.17, 15) is 15.3 Å². The van der Waals surface area contributed by atoms with Crippen molar-refractivity contribution >= 4 is 22.9 Å². The first kappa shape index (κ1) is 17.8. The fourth-order valence-corrected chi connectivity index (χ4v) is 3.92. The molecule has 0 saturated carbocycles. The lowest BCUT2D eigenvalue weighted by molar-refractivity contribution is -0.899. The lowest BCUT2D eigenvalue weighted by Crippen LogP contribution is -3.16. The normalized spacial score (nSPS) is 16.5. The molecule has 1 N–H and O–H groups in total. The van der Waals surface area contributed by atoms with Gasteiger partial charge >= 0.3 is 0 Å². The van der Waals surface area contributed by atoms with Gasteiger partial charge in [0.15, 0.2) is 6.67 Å². The molecule has 2 aromatic carbocycles. The van der Waals surface area contributed by atoms with Crippen LogP contribution in [0.1, 0.15) is 5.56 Å². The third-order valence-corrected chi connectivity index (χ3v) is 5.37. The first-order chi connectivity index (χ1) is 13.7. The smallest absolute Gasteiger partial charge is 0.265 e. The van der Waals surface area contributed by atoms with Crippen LogP contribution in [0.3, 0.4) is 0 Å².